The molecule has 0 aliphatic rings. The first-order chi connectivity index (χ1) is 10.1. The van der Waals surface area contributed by atoms with Gasteiger partial charge in [0.1, 0.15) is 5.75 Å². The number of carbonyl (C=O) groups is 2. The third-order valence-electron chi connectivity index (χ3n) is 2.32. The van der Waals surface area contributed by atoms with Gasteiger partial charge >= 0.3 is 11.9 Å². The van der Waals surface area contributed by atoms with Crippen molar-refractivity contribution in [2.75, 3.05) is 24.7 Å². The molecule has 6 heteroatoms. The van der Waals surface area contributed by atoms with Gasteiger partial charge in [0.05, 0.1) is 19.0 Å². The number of rotatable bonds is 9. The van der Waals surface area contributed by atoms with Crippen molar-refractivity contribution in [2.24, 2.45) is 0 Å². The van der Waals surface area contributed by atoms with E-state index in [0.29, 0.717) is 30.5 Å². The normalized spacial score (nSPS) is 10.5. The third kappa shape index (κ3) is 8.04. The summed E-state index contributed by atoms with van der Waals surface area (Å²) in [5, 5.41) is 8.52. The summed E-state index contributed by atoms with van der Waals surface area (Å²) < 4.78 is 10.3. The number of aliphatic carboxylic acids is 1. The molecule has 0 saturated carbocycles. The predicted octanol–water partition coefficient (Wildman–Crippen LogP) is 2.46. The maximum atomic E-state index is 11.1. The van der Waals surface area contributed by atoms with E-state index < -0.39 is 5.97 Å². The first-order valence-electron chi connectivity index (χ1n) is 6.49. The summed E-state index contributed by atoms with van der Waals surface area (Å²) in [5.41, 5.74) is 0.793. The van der Waals surface area contributed by atoms with E-state index in [-0.39, 0.29) is 5.97 Å². The maximum Gasteiger partial charge on any atom is 0.328 e. The van der Waals surface area contributed by atoms with Crippen molar-refractivity contribution >= 4 is 29.8 Å². The van der Waals surface area contributed by atoms with Crippen LogP contribution in [0.15, 0.2) is 30.3 Å². The molecule has 0 aliphatic heterocycles. The fourth-order valence-electron chi connectivity index (χ4n) is 1.42. The Morgan fingerprint density at radius 3 is 2.62 bits per heavy atom. The summed E-state index contributed by atoms with van der Waals surface area (Å²) in [6.07, 6.45) is 2.60. The van der Waals surface area contributed by atoms with Gasteiger partial charge in [-0.1, -0.05) is 12.1 Å². The highest BCUT2D eigenvalue weighted by molar-refractivity contribution is 7.99. The lowest BCUT2D eigenvalue weighted by Crippen LogP contribution is -2.09. The first-order valence-corrected chi connectivity index (χ1v) is 7.64. The van der Waals surface area contributed by atoms with Gasteiger partial charge in [-0.2, -0.15) is 0 Å². The zero-order valence-corrected chi connectivity index (χ0v) is 12.6. The first kappa shape index (κ1) is 17.1. The van der Waals surface area contributed by atoms with Crippen LogP contribution in [-0.4, -0.2) is 41.8 Å². The molecule has 0 heterocycles. The van der Waals surface area contributed by atoms with E-state index in [1.165, 1.54) is 17.8 Å². The molecular formula is C15H18O5S. The van der Waals surface area contributed by atoms with Gasteiger partial charge in [-0.25, -0.2) is 4.79 Å². The van der Waals surface area contributed by atoms with Crippen LogP contribution in [0.5, 0.6) is 5.75 Å². The third-order valence-corrected chi connectivity index (χ3v) is 3.22. The van der Waals surface area contributed by atoms with Gasteiger partial charge in [0.25, 0.3) is 0 Å². The van der Waals surface area contributed by atoms with E-state index in [1.54, 1.807) is 31.2 Å². The minimum absolute atomic E-state index is 0.211. The number of carbonyl (C=O) groups excluding carboxylic acids is 1. The molecule has 0 aromatic heterocycles. The minimum atomic E-state index is -0.978. The summed E-state index contributed by atoms with van der Waals surface area (Å²) in [4.78, 5) is 21.5. The Morgan fingerprint density at radius 2 is 2.00 bits per heavy atom. The molecule has 0 saturated heterocycles. The Labute approximate surface area is 127 Å². The highest BCUT2D eigenvalue weighted by atomic mass is 32.2. The number of benzene rings is 1. The Morgan fingerprint density at radius 1 is 1.29 bits per heavy atom. The second-order valence-electron chi connectivity index (χ2n) is 3.95. The van der Waals surface area contributed by atoms with Crippen molar-refractivity contribution in [3.05, 3.63) is 35.9 Å². The molecule has 5 nitrogen and oxygen atoms in total. The molecule has 1 N–H and O–H groups in total. The number of esters is 1. The van der Waals surface area contributed by atoms with E-state index in [2.05, 4.69) is 0 Å². The summed E-state index contributed by atoms with van der Waals surface area (Å²) in [7, 11) is 0. The topological polar surface area (TPSA) is 72.8 Å². The molecule has 0 radical (unpaired) electrons. The van der Waals surface area contributed by atoms with E-state index in [0.717, 1.165) is 11.6 Å². The summed E-state index contributed by atoms with van der Waals surface area (Å²) in [6.45, 7) is 2.67. The number of thioether (sulfide) groups is 1. The van der Waals surface area contributed by atoms with Gasteiger partial charge in [-0.15, -0.1) is 11.8 Å². The number of ether oxygens (including phenoxy) is 2. The number of hydrogen-bond acceptors (Lipinski definition) is 5. The summed E-state index contributed by atoms with van der Waals surface area (Å²) >= 11 is 1.46. The Hall–Kier alpha value is -1.95. The highest BCUT2D eigenvalue weighted by Gasteiger charge is 2.01. The largest absolute Gasteiger partial charge is 0.493 e. The second kappa shape index (κ2) is 9.88. The fourth-order valence-corrected chi connectivity index (χ4v) is 2.01. The number of hydrogen-bond donors (Lipinski definition) is 1. The molecule has 0 fully saturated rings. The molecule has 0 unspecified atom stereocenters. The molecule has 1 rings (SSSR count). The molecule has 114 valence electrons. The zero-order chi connectivity index (χ0) is 15.5. The van der Waals surface area contributed by atoms with Crippen molar-refractivity contribution in [2.45, 2.75) is 6.92 Å². The average molecular weight is 310 g/mol. The predicted molar refractivity (Wildman–Crippen MR) is 82.6 cm³/mol. The molecule has 0 atom stereocenters. The van der Waals surface area contributed by atoms with Gasteiger partial charge in [0.15, 0.2) is 0 Å². The fraction of sp³-hybridized carbons (Fsp3) is 0.333. The zero-order valence-electron chi connectivity index (χ0n) is 11.8. The molecule has 1 aromatic carbocycles. The van der Waals surface area contributed by atoms with E-state index in [4.69, 9.17) is 14.6 Å². The van der Waals surface area contributed by atoms with Crippen molar-refractivity contribution in [1.29, 1.82) is 0 Å². The van der Waals surface area contributed by atoms with Gasteiger partial charge in [-0.3, -0.25) is 4.79 Å². The Bertz CT molecular complexity index is 481. The van der Waals surface area contributed by atoms with Crippen LogP contribution >= 0.6 is 11.8 Å². The van der Waals surface area contributed by atoms with Gasteiger partial charge in [0.2, 0.25) is 0 Å². The van der Waals surface area contributed by atoms with Crippen LogP contribution in [-0.2, 0) is 14.3 Å². The molecule has 0 amide bonds. The smallest absolute Gasteiger partial charge is 0.328 e. The molecule has 0 aliphatic carbocycles. The number of carboxylic acids is 1. The second-order valence-corrected chi connectivity index (χ2v) is 5.05. The summed E-state index contributed by atoms with van der Waals surface area (Å²) in [6, 6.07) is 7.11. The lowest BCUT2D eigenvalue weighted by molar-refractivity contribution is -0.139. The van der Waals surface area contributed by atoms with Crippen LogP contribution in [0.1, 0.15) is 12.5 Å². The van der Waals surface area contributed by atoms with E-state index in [1.807, 2.05) is 0 Å². The Balaban J connectivity index is 2.24. The molecule has 0 spiro atoms. The monoisotopic (exact) mass is 310 g/mol. The Kier molecular flexibility index (Phi) is 8.04. The lowest BCUT2D eigenvalue weighted by atomic mass is 10.2. The lowest BCUT2D eigenvalue weighted by Gasteiger charge is -2.06. The standard InChI is InChI=1S/C15H18O5S/c1-2-19-15(18)11-21-10-9-20-13-6-3-12(4-7-13)5-8-14(16)17/h3-8H,2,9-11H2,1H3,(H,16,17). The van der Waals surface area contributed by atoms with Crippen LogP contribution in [0.4, 0.5) is 0 Å². The minimum Gasteiger partial charge on any atom is -0.493 e. The van der Waals surface area contributed by atoms with Gasteiger partial charge in [0, 0.05) is 11.8 Å². The SMILES string of the molecule is CCOC(=O)CSCCOc1ccc(C=CC(=O)O)cc1. The van der Waals surface area contributed by atoms with Crippen molar-refractivity contribution in [1.82, 2.24) is 0 Å². The summed E-state index contributed by atoms with van der Waals surface area (Å²) in [5.74, 6) is 0.542. The maximum absolute atomic E-state index is 11.1. The molecule has 0 bridgehead atoms. The van der Waals surface area contributed by atoms with Crippen molar-refractivity contribution in [3.8, 4) is 5.75 Å². The average Bonchev–Trinajstić information content (AvgIpc) is 2.46. The van der Waals surface area contributed by atoms with Gasteiger partial charge < -0.3 is 14.6 Å². The highest BCUT2D eigenvalue weighted by Crippen LogP contribution is 2.13. The number of carboxylic acid groups (broad SMARTS) is 1. The van der Waals surface area contributed by atoms with Gasteiger partial charge in [-0.05, 0) is 30.7 Å². The quantitative estimate of drug-likeness (QED) is 0.429. The van der Waals surface area contributed by atoms with Crippen LogP contribution in [0.25, 0.3) is 6.08 Å². The van der Waals surface area contributed by atoms with Crippen molar-refractivity contribution in [3.63, 3.8) is 0 Å². The van der Waals surface area contributed by atoms with Crippen LogP contribution in [0.2, 0.25) is 0 Å². The van der Waals surface area contributed by atoms with Crippen LogP contribution in [0, 0.1) is 0 Å². The van der Waals surface area contributed by atoms with Crippen LogP contribution < -0.4 is 4.74 Å². The molecule has 1 aromatic rings. The van der Waals surface area contributed by atoms with E-state index >= 15 is 0 Å². The van der Waals surface area contributed by atoms with Crippen LogP contribution in [0.3, 0.4) is 0 Å². The van der Waals surface area contributed by atoms with E-state index in [9.17, 15) is 9.59 Å². The molecule has 21 heavy (non-hydrogen) atoms. The van der Waals surface area contributed by atoms with Crippen molar-refractivity contribution < 1.29 is 24.2 Å². The molecular weight excluding hydrogens is 292 g/mol.